The van der Waals surface area contributed by atoms with Crippen molar-refractivity contribution in [3.63, 3.8) is 0 Å². The van der Waals surface area contributed by atoms with Crippen LogP contribution in [0.25, 0.3) is 0 Å². The maximum atomic E-state index is 13.4. The van der Waals surface area contributed by atoms with Crippen LogP contribution in [0.1, 0.15) is 36.0 Å². The van der Waals surface area contributed by atoms with Gasteiger partial charge in [0.15, 0.2) is 11.6 Å². The minimum atomic E-state index is -1.07. The lowest BCUT2D eigenvalue weighted by atomic mass is 9.81. The van der Waals surface area contributed by atoms with Crippen LogP contribution in [0.4, 0.5) is 8.78 Å². The molecular formula is C19H22F2N2O3. The average molecular weight is 364 g/mol. The van der Waals surface area contributed by atoms with Crippen molar-refractivity contribution in [1.29, 1.82) is 0 Å². The molecule has 0 spiro atoms. The Hall–Kier alpha value is -2.02. The molecule has 5 nitrogen and oxygen atoms in total. The number of halogens is 2. The van der Waals surface area contributed by atoms with E-state index in [9.17, 15) is 23.5 Å². The number of likely N-dealkylation sites (tertiary alicyclic amines) is 2. The number of aliphatic carboxylic acids is 1. The zero-order chi connectivity index (χ0) is 18.5. The third-order valence-electron chi connectivity index (χ3n) is 6.36. The van der Waals surface area contributed by atoms with Gasteiger partial charge in [-0.3, -0.25) is 14.5 Å². The maximum absolute atomic E-state index is 13.4. The summed E-state index contributed by atoms with van der Waals surface area (Å²) in [4.78, 5) is 28.5. The highest BCUT2D eigenvalue weighted by Crippen LogP contribution is 2.45. The molecule has 2 heterocycles. The summed E-state index contributed by atoms with van der Waals surface area (Å²) >= 11 is 0. The van der Waals surface area contributed by atoms with Crippen LogP contribution < -0.4 is 0 Å². The molecule has 7 heteroatoms. The number of benzene rings is 1. The molecule has 2 aliphatic heterocycles. The first-order valence-corrected chi connectivity index (χ1v) is 9.12. The molecule has 1 N–H and O–H groups in total. The van der Waals surface area contributed by atoms with E-state index in [2.05, 4.69) is 4.90 Å². The van der Waals surface area contributed by atoms with Crippen LogP contribution >= 0.6 is 0 Å². The van der Waals surface area contributed by atoms with Crippen molar-refractivity contribution in [2.75, 3.05) is 26.2 Å². The Labute approximate surface area is 150 Å². The van der Waals surface area contributed by atoms with E-state index < -0.39 is 28.9 Å². The smallest absolute Gasteiger partial charge is 0.313 e. The van der Waals surface area contributed by atoms with Gasteiger partial charge < -0.3 is 10.0 Å². The lowest BCUT2D eigenvalue weighted by Gasteiger charge is -2.28. The Bertz CT molecular complexity index is 750. The summed E-state index contributed by atoms with van der Waals surface area (Å²) in [5, 5.41) is 9.91. The first kappa shape index (κ1) is 17.4. The topological polar surface area (TPSA) is 60.9 Å². The SMILES string of the molecule is O=C(c1ccc(F)c(F)c1)N1C[C@H]2CN(C3CCCC3)C[C@@]2(C(=O)O)C1. The predicted molar refractivity (Wildman–Crippen MR) is 89.6 cm³/mol. The van der Waals surface area contributed by atoms with Gasteiger partial charge in [0.05, 0.1) is 0 Å². The van der Waals surface area contributed by atoms with Gasteiger partial charge in [-0.2, -0.15) is 0 Å². The predicted octanol–water partition coefficient (Wildman–Crippen LogP) is 2.37. The molecule has 1 aliphatic carbocycles. The third-order valence-corrected chi connectivity index (χ3v) is 6.36. The summed E-state index contributed by atoms with van der Waals surface area (Å²) in [6, 6.07) is 3.50. The summed E-state index contributed by atoms with van der Waals surface area (Å²) < 4.78 is 26.5. The molecule has 1 amide bonds. The van der Waals surface area contributed by atoms with Gasteiger partial charge in [-0.15, -0.1) is 0 Å². The Balaban J connectivity index is 1.53. The molecule has 26 heavy (non-hydrogen) atoms. The number of nitrogens with zero attached hydrogens (tertiary/aromatic N) is 2. The molecular weight excluding hydrogens is 342 g/mol. The Morgan fingerprint density at radius 2 is 1.81 bits per heavy atom. The van der Waals surface area contributed by atoms with E-state index >= 15 is 0 Å². The van der Waals surface area contributed by atoms with E-state index in [0.29, 0.717) is 25.7 Å². The maximum Gasteiger partial charge on any atom is 0.313 e. The van der Waals surface area contributed by atoms with Crippen LogP contribution in [0.5, 0.6) is 0 Å². The van der Waals surface area contributed by atoms with Crippen molar-refractivity contribution < 1.29 is 23.5 Å². The molecule has 3 fully saturated rings. The molecule has 1 saturated carbocycles. The fourth-order valence-corrected chi connectivity index (χ4v) is 4.92. The summed E-state index contributed by atoms with van der Waals surface area (Å²) in [6.07, 6.45) is 4.60. The second-order valence-corrected chi connectivity index (χ2v) is 7.84. The van der Waals surface area contributed by atoms with Crippen LogP contribution in [0, 0.1) is 23.0 Å². The second-order valence-electron chi connectivity index (χ2n) is 7.84. The summed E-state index contributed by atoms with van der Waals surface area (Å²) in [5.74, 6) is -3.52. The van der Waals surface area contributed by atoms with Crippen LogP contribution in [-0.4, -0.2) is 59.0 Å². The minimum absolute atomic E-state index is 0.0528. The molecule has 2 saturated heterocycles. The number of carbonyl (C=O) groups excluding carboxylic acids is 1. The van der Waals surface area contributed by atoms with Gasteiger partial charge in [0.25, 0.3) is 5.91 Å². The van der Waals surface area contributed by atoms with Gasteiger partial charge in [0.1, 0.15) is 5.41 Å². The summed E-state index contributed by atoms with van der Waals surface area (Å²) in [6.45, 7) is 1.60. The highest BCUT2D eigenvalue weighted by molar-refractivity contribution is 5.95. The van der Waals surface area contributed by atoms with Crippen LogP contribution in [-0.2, 0) is 4.79 Å². The van der Waals surface area contributed by atoms with Gasteiger partial charge in [-0.25, -0.2) is 8.78 Å². The number of amides is 1. The van der Waals surface area contributed by atoms with Crippen molar-refractivity contribution in [1.82, 2.24) is 9.80 Å². The zero-order valence-electron chi connectivity index (χ0n) is 14.5. The molecule has 0 radical (unpaired) electrons. The number of carboxylic acids is 1. The number of carbonyl (C=O) groups is 2. The molecule has 0 aromatic heterocycles. The number of hydrogen-bond acceptors (Lipinski definition) is 3. The molecule has 3 aliphatic rings. The van der Waals surface area contributed by atoms with Crippen molar-refractivity contribution >= 4 is 11.9 Å². The average Bonchev–Trinajstić information content (AvgIpc) is 3.30. The number of hydrogen-bond donors (Lipinski definition) is 1. The summed E-state index contributed by atoms with van der Waals surface area (Å²) in [5.41, 5.74) is -0.909. The van der Waals surface area contributed by atoms with Crippen molar-refractivity contribution in [3.05, 3.63) is 35.4 Å². The van der Waals surface area contributed by atoms with E-state index in [1.807, 2.05) is 0 Å². The normalized spacial score (nSPS) is 29.3. The van der Waals surface area contributed by atoms with Crippen LogP contribution in [0.3, 0.4) is 0 Å². The highest BCUT2D eigenvalue weighted by atomic mass is 19.2. The zero-order valence-corrected chi connectivity index (χ0v) is 14.5. The lowest BCUT2D eigenvalue weighted by Crippen LogP contribution is -2.43. The largest absolute Gasteiger partial charge is 0.481 e. The molecule has 1 aromatic carbocycles. The van der Waals surface area contributed by atoms with E-state index in [4.69, 9.17) is 0 Å². The third kappa shape index (κ3) is 2.69. The Kier molecular flexibility index (Phi) is 4.22. The van der Waals surface area contributed by atoms with E-state index in [-0.39, 0.29) is 18.0 Å². The standard InChI is InChI=1S/C19H22F2N2O3/c20-15-6-5-12(7-16(15)21)17(24)23-9-13-8-22(14-3-1-2-4-14)10-19(13,11-23)18(25)26/h5-7,13-14H,1-4,8-11H2,(H,25,26)/t13-,19-/m1/s1. The van der Waals surface area contributed by atoms with Crippen molar-refractivity contribution in [3.8, 4) is 0 Å². The first-order chi connectivity index (χ1) is 12.4. The van der Waals surface area contributed by atoms with E-state index in [1.165, 1.54) is 23.8 Å². The van der Waals surface area contributed by atoms with Gasteiger partial charge >= 0.3 is 5.97 Å². The quantitative estimate of drug-likeness (QED) is 0.895. The van der Waals surface area contributed by atoms with Gasteiger partial charge in [0, 0.05) is 43.7 Å². The van der Waals surface area contributed by atoms with Crippen LogP contribution in [0.15, 0.2) is 18.2 Å². The number of fused-ring (bicyclic) bond motifs is 1. The van der Waals surface area contributed by atoms with Crippen LogP contribution in [0.2, 0.25) is 0 Å². The highest BCUT2D eigenvalue weighted by Gasteiger charge is 2.59. The van der Waals surface area contributed by atoms with Crippen molar-refractivity contribution in [2.24, 2.45) is 11.3 Å². The fraction of sp³-hybridized carbons (Fsp3) is 0.579. The monoisotopic (exact) mass is 364 g/mol. The van der Waals surface area contributed by atoms with E-state index in [0.717, 1.165) is 25.0 Å². The molecule has 0 bridgehead atoms. The molecule has 140 valence electrons. The fourth-order valence-electron chi connectivity index (χ4n) is 4.92. The molecule has 2 atom stereocenters. The number of rotatable bonds is 3. The Morgan fingerprint density at radius 3 is 2.42 bits per heavy atom. The first-order valence-electron chi connectivity index (χ1n) is 9.12. The van der Waals surface area contributed by atoms with Gasteiger partial charge in [-0.1, -0.05) is 12.8 Å². The lowest BCUT2D eigenvalue weighted by molar-refractivity contribution is -0.148. The molecule has 4 rings (SSSR count). The van der Waals surface area contributed by atoms with Gasteiger partial charge in [0.2, 0.25) is 0 Å². The Morgan fingerprint density at radius 1 is 1.08 bits per heavy atom. The van der Waals surface area contributed by atoms with Gasteiger partial charge in [-0.05, 0) is 31.0 Å². The number of carboxylic acid groups (broad SMARTS) is 1. The summed E-state index contributed by atoms with van der Waals surface area (Å²) in [7, 11) is 0. The second kappa shape index (κ2) is 6.30. The minimum Gasteiger partial charge on any atom is -0.481 e. The van der Waals surface area contributed by atoms with E-state index in [1.54, 1.807) is 0 Å². The van der Waals surface area contributed by atoms with Crippen molar-refractivity contribution in [2.45, 2.75) is 31.7 Å². The molecule has 0 unspecified atom stereocenters. The molecule has 1 aromatic rings.